The van der Waals surface area contributed by atoms with E-state index in [0.717, 1.165) is 17.2 Å². The topological polar surface area (TPSA) is 37.8 Å². The number of nitrogens with zero attached hydrogens (tertiary/aromatic N) is 2. The number of nitrogens with one attached hydrogen (secondary N) is 1. The molecule has 82 valence electrons. The first kappa shape index (κ1) is 10.4. The molecule has 2 rings (SSSR count). The van der Waals surface area contributed by atoms with E-state index in [1.807, 2.05) is 20.0 Å². The molecule has 1 aliphatic carbocycles. The number of rotatable bonds is 2. The molecule has 0 aliphatic heterocycles. The fourth-order valence-corrected chi connectivity index (χ4v) is 2.03. The lowest BCUT2D eigenvalue weighted by Gasteiger charge is -2.22. The molecule has 0 unspecified atom stereocenters. The van der Waals surface area contributed by atoms with E-state index in [-0.39, 0.29) is 0 Å². The Hall–Kier alpha value is -1.12. The van der Waals surface area contributed by atoms with Crippen molar-refractivity contribution >= 4 is 5.95 Å². The SMILES string of the molecule is Cc1cnc(NC2CCCCC2)nc1C. The van der Waals surface area contributed by atoms with Crippen molar-refractivity contribution in [1.82, 2.24) is 9.97 Å². The lowest BCUT2D eigenvalue weighted by atomic mass is 9.96. The van der Waals surface area contributed by atoms with Crippen LogP contribution in [0.15, 0.2) is 6.20 Å². The van der Waals surface area contributed by atoms with Gasteiger partial charge in [-0.15, -0.1) is 0 Å². The van der Waals surface area contributed by atoms with Crippen LogP contribution in [0.1, 0.15) is 43.4 Å². The molecule has 3 heteroatoms. The first-order valence-corrected chi connectivity index (χ1v) is 5.82. The summed E-state index contributed by atoms with van der Waals surface area (Å²) in [6, 6.07) is 0.584. The highest BCUT2D eigenvalue weighted by atomic mass is 15.1. The van der Waals surface area contributed by atoms with Crippen LogP contribution in [0, 0.1) is 13.8 Å². The van der Waals surface area contributed by atoms with E-state index in [4.69, 9.17) is 0 Å². The Labute approximate surface area is 91.3 Å². The Balaban J connectivity index is 2.00. The van der Waals surface area contributed by atoms with Crippen LogP contribution in [0.2, 0.25) is 0 Å². The van der Waals surface area contributed by atoms with Crippen LogP contribution in [0.25, 0.3) is 0 Å². The van der Waals surface area contributed by atoms with Gasteiger partial charge in [-0.1, -0.05) is 19.3 Å². The third-order valence-corrected chi connectivity index (χ3v) is 3.16. The van der Waals surface area contributed by atoms with Crippen LogP contribution >= 0.6 is 0 Å². The zero-order chi connectivity index (χ0) is 10.7. The normalized spacial score (nSPS) is 17.7. The lowest BCUT2D eigenvalue weighted by Crippen LogP contribution is -2.23. The number of anilines is 1. The van der Waals surface area contributed by atoms with E-state index >= 15 is 0 Å². The average molecular weight is 205 g/mol. The second-order valence-electron chi connectivity index (χ2n) is 4.44. The van der Waals surface area contributed by atoms with Crippen molar-refractivity contribution in [2.24, 2.45) is 0 Å². The average Bonchev–Trinajstić information content (AvgIpc) is 2.25. The van der Waals surface area contributed by atoms with E-state index < -0.39 is 0 Å². The van der Waals surface area contributed by atoms with Gasteiger partial charge in [0.1, 0.15) is 0 Å². The van der Waals surface area contributed by atoms with Gasteiger partial charge in [0.05, 0.1) is 0 Å². The van der Waals surface area contributed by atoms with Crippen LogP contribution in [0.4, 0.5) is 5.95 Å². The minimum atomic E-state index is 0.584. The molecule has 1 saturated carbocycles. The number of aromatic nitrogens is 2. The predicted molar refractivity (Wildman–Crippen MR) is 62.0 cm³/mol. The van der Waals surface area contributed by atoms with E-state index in [9.17, 15) is 0 Å². The molecule has 0 bridgehead atoms. The summed E-state index contributed by atoms with van der Waals surface area (Å²) < 4.78 is 0. The molecule has 15 heavy (non-hydrogen) atoms. The van der Waals surface area contributed by atoms with Gasteiger partial charge < -0.3 is 5.32 Å². The highest BCUT2D eigenvalue weighted by molar-refractivity contribution is 5.29. The summed E-state index contributed by atoms with van der Waals surface area (Å²) in [7, 11) is 0. The van der Waals surface area contributed by atoms with Crippen molar-refractivity contribution in [1.29, 1.82) is 0 Å². The number of aryl methyl sites for hydroxylation is 2. The smallest absolute Gasteiger partial charge is 0.223 e. The van der Waals surface area contributed by atoms with Crippen LogP contribution in [0.3, 0.4) is 0 Å². The Bertz CT molecular complexity index is 330. The molecule has 0 amide bonds. The molecule has 1 aromatic heterocycles. The maximum absolute atomic E-state index is 4.44. The van der Waals surface area contributed by atoms with E-state index in [0.29, 0.717) is 6.04 Å². The maximum atomic E-state index is 4.44. The predicted octanol–water partition coefficient (Wildman–Crippen LogP) is 2.84. The molecule has 0 aromatic carbocycles. The fraction of sp³-hybridized carbons (Fsp3) is 0.667. The quantitative estimate of drug-likeness (QED) is 0.806. The second kappa shape index (κ2) is 4.60. The van der Waals surface area contributed by atoms with Gasteiger partial charge in [0.2, 0.25) is 5.95 Å². The van der Waals surface area contributed by atoms with Gasteiger partial charge in [-0.3, -0.25) is 0 Å². The van der Waals surface area contributed by atoms with Gasteiger partial charge in [0.25, 0.3) is 0 Å². The van der Waals surface area contributed by atoms with Crippen LogP contribution in [0.5, 0.6) is 0 Å². The highest BCUT2D eigenvalue weighted by Crippen LogP contribution is 2.20. The largest absolute Gasteiger partial charge is 0.351 e. The monoisotopic (exact) mass is 205 g/mol. The summed E-state index contributed by atoms with van der Waals surface area (Å²) >= 11 is 0. The summed E-state index contributed by atoms with van der Waals surface area (Å²) in [5.74, 6) is 0.796. The second-order valence-corrected chi connectivity index (χ2v) is 4.44. The Morgan fingerprint density at radius 1 is 1.20 bits per heavy atom. The molecular formula is C12H19N3. The molecular weight excluding hydrogens is 186 g/mol. The van der Waals surface area contributed by atoms with Crippen molar-refractivity contribution in [3.05, 3.63) is 17.5 Å². The molecule has 1 N–H and O–H groups in total. The summed E-state index contributed by atoms with van der Waals surface area (Å²) in [6.07, 6.45) is 8.47. The van der Waals surface area contributed by atoms with Gasteiger partial charge >= 0.3 is 0 Å². The molecule has 3 nitrogen and oxygen atoms in total. The first-order chi connectivity index (χ1) is 7.25. The van der Waals surface area contributed by atoms with Gasteiger partial charge in [-0.25, -0.2) is 9.97 Å². The molecule has 1 heterocycles. The van der Waals surface area contributed by atoms with E-state index in [1.165, 1.54) is 32.1 Å². The third kappa shape index (κ3) is 2.67. The Kier molecular flexibility index (Phi) is 3.19. The molecule has 0 spiro atoms. The number of hydrogen-bond acceptors (Lipinski definition) is 3. The maximum Gasteiger partial charge on any atom is 0.223 e. The zero-order valence-electron chi connectivity index (χ0n) is 9.58. The molecule has 1 fully saturated rings. The summed E-state index contributed by atoms with van der Waals surface area (Å²) in [4.78, 5) is 8.76. The molecule has 1 aliphatic rings. The zero-order valence-corrected chi connectivity index (χ0v) is 9.58. The highest BCUT2D eigenvalue weighted by Gasteiger charge is 2.13. The summed E-state index contributed by atoms with van der Waals surface area (Å²) in [5.41, 5.74) is 2.23. The van der Waals surface area contributed by atoms with Gasteiger partial charge in [-0.05, 0) is 32.3 Å². The lowest BCUT2D eigenvalue weighted by molar-refractivity contribution is 0.460. The molecule has 0 saturated heterocycles. The minimum Gasteiger partial charge on any atom is -0.351 e. The number of hydrogen-bond donors (Lipinski definition) is 1. The van der Waals surface area contributed by atoms with Crippen LogP contribution < -0.4 is 5.32 Å². The van der Waals surface area contributed by atoms with Crippen molar-refractivity contribution in [3.8, 4) is 0 Å². The van der Waals surface area contributed by atoms with Crippen molar-refractivity contribution in [2.75, 3.05) is 5.32 Å². The van der Waals surface area contributed by atoms with Crippen molar-refractivity contribution in [3.63, 3.8) is 0 Å². The first-order valence-electron chi connectivity index (χ1n) is 5.82. The Morgan fingerprint density at radius 3 is 2.60 bits per heavy atom. The van der Waals surface area contributed by atoms with E-state index in [2.05, 4.69) is 15.3 Å². The van der Waals surface area contributed by atoms with Crippen molar-refractivity contribution < 1.29 is 0 Å². The van der Waals surface area contributed by atoms with Gasteiger partial charge in [0, 0.05) is 17.9 Å². The summed E-state index contributed by atoms with van der Waals surface area (Å²) in [5, 5.41) is 3.43. The minimum absolute atomic E-state index is 0.584. The van der Waals surface area contributed by atoms with Crippen LogP contribution in [-0.4, -0.2) is 16.0 Å². The van der Waals surface area contributed by atoms with Crippen LogP contribution in [-0.2, 0) is 0 Å². The Morgan fingerprint density at radius 2 is 1.93 bits per heavy atom. The molecule has 0 atom stereocenters. The standard InChI is InChI=1S/C12H19N3/c1-9-8-13-12(14-10(9)2)15-11-6-4-3-5-7-11/h8,11H,3-7H2,1-2H3,(H,13,14,15). The molecule has 0 radical (unpaired) electrons. The van der Waals surface area contributed by atoms with Gasteiger partial charge in [0.15, 0.2) is 0 Å². The van der Waals surface area contributed by atoms with Crippen molar-refractivity contribution in [2.45, 2.75) is 52.0 Å². The molecule has 1 aromatic rings. The third-order valence-electron chi connectivity index (χ3n) is 3.16. The van der Waals surface area contributed by atoms with E-state index in [1.54, 1.807) is 0 Å². The fourth-order valence-electron chi connectivity index (χ4n) is 2.03. The summed E-state index contributed by atoms with van der Waals surface area (Å²) in [6.45, 7) is 4.07. The van der Waals surface area contributed by atoms with Gasteiger partial charge in [-0.2, -0.15) is 0 Å².